The number of hydrogen-bond acceptors (Lipinski definition) is 3. The Morgan fingerprint density at radius 2 is 1.92 bits per heavy atom. The van der Waals surface area contributed by atoms with E-state index in [0.717, 1.165) is 5.56 Å². The summed E-state index contributed by atoms with van der Waals surface area (Å²) in [5.41, 5.74) is 2.27. The summed E-state index contributed by atoms with van der Waals surface area (Å²) in [6.45, 7) is 1.70. The van der Waals surface area contributed by atoms with Gasteiger partial charge in [-0.25, -0.2) is 4.79 Å². The second kappa shape index (κ2) is 7.49. The molecule has 6 nitrogen and oxygen atoms in total. The summed E-state index contributed by atoms with van der Waals surface area (Å²) < 4.78 is 5.16. The molecule has 3 rings (SSSR count). The van der Waals surface area contributed by atoms with E-state index >= 15 is 0 Å². The molecule has 1 unspecified atom stereocenters. The third-order valence-electron chi connectivity index (χ3n) is 4.05. The Bertz CT molecular complexity index is 878. The van der Waals surface area contributed by atoms with Gasteiger partial charge in [0.1, 0.15) is 5.75 Å². The van der Waals surface area contributed by atoms with Crippen LogP contribution in [0.5, 0.6) is 5.75 Å². The number of halogens is 1. The predicted molar refractivity (Wildman–Crippen MR) is 100 cm³/mol. The molecule has 2 aromatic rings. The molecule has 0 spiro atoms. The van der Waals surface area contributed by atoms with Crippen LogP contribution in [-0.4, -0.2) is 19.0 Å². The number of benzene rings is 2. The van der Waals surface area contributed by atoms with Gasteiger partial charge in [0.25, 0.3) is 5.91 Å². The molecule has 3 N–H and O–H groups in total. The van der Waals surface area contributed by atoms with Crippen LogP contribution < -0.4 is 20.7 Å². The van der Waals surface area contributed by atoms with Gasteiger partial charge in [0, 0.05) is 16.4 Å². The van der Waals surface area contributed by atoms with Crippen LogP contribution in [0.1, 0.15) is 18.5 Å². The average Bonchev–Trinajstić information content (AvgIpc) is 2.61. The number of methoxy groups -OCH3 is 1. The van der Waals surface area contributed by atoms with Crippen LogP contribution in [0, 0.1) is 0 Å². The maximum absolute atomic E-state index is 12.9. The molecule has 0 aromatic heterocycles. The molecule has 0 radical (unpaired) electrons. The standard InChI is InChI=1S/C19H18ClN3O3/c1-11-16(18(24)22-14-5-3-4-13(20)10-14)17(23-19(25)21-11)12-6-8-15(26-2)9-7-12/h3-10,17H,1-2H3,(H,22,24)(H2,21,23,25). The molecule has 26 heavy (non-hydrogen) atoms. The fourth-order valence-corrected chi connectivity index (χ4v) is 3.00. The molecule has 0 saturated carbocycles. The Hall–Kier alpha value is -2.99. The van der Waals surface area contributed by atoms with Gasteiger partial charge in [0.05, 0.1) is 18.7 Å². The largest absolute Gasteiger partial charge is 0.497 e. The number of allylic oxidation sites excluding steroid dienone is 1. The molecule has 0 bridgehead atoms. The zero-order valence-electron chi connectivity index (χ0n) is 14.3. The molecule has 7 heteroatoms. The third-order valence-corrected chi connectivity index (χ3v) is 4.28. The van der Waals surface area contributed by atoms with E-state index in [1.807, 2.05) is 12.1 Å². The highest BCUT2D eigenvalue weighted by molar-refractivity contribution is 6.31. The van der Waals surface area contributed by atoms with Crippen molar-refractivity contribution in [2.75, 3.05) is 12.4 Å². The molecular formula is C19H18ClN3O3. The van der Waals surface area contributed by atoms with E-state index in [1.165, 1.54) is 0 Å². The van der Waals surface area contributed by atoms with Gasteiger partial charge in [0.2, 0.25) is 0 Å². The van der Waals surface area contributed by atoms with Crippen molar-refractivity contribution in [2.24, 2.45) is 0 Å². The van der Waals surface area contributed by atoms with E-state index in [9.17, 15) is 9.59 Å². The number of carbonyl (C=O) groups excluding carboxylic acids is 2. The quantitative estimate of drug-likeness (QED) is 0.768. The molecule has 2 aromatic carbocycles. The van der Waals surface area contributed by atoms with Crippen LogP contribution in [0.4, 0.5) is 10.5 Å². The molecule has 1 atom stereocenters. The van der Waals surface area contributed by atoms with E-state index < -0.39 is 6.04 Å². The van der Waals surface area contributed by atoms with Crippen molar-refractivity contribution in [3.63, 3.8) is 0 Å². The average molecular weight is 372 g/mol. The number of amides is 3. The van der Waals surface area contributed by atoms with Crippen molar-refractivity contribution in [3.05, 3.63) is 70.4 Å². The highest BCUT2D eigenvalue weighted by atomic mass is 35.5. The van der Waals surface area contributed by atoms with Crippen LogP contribution in [0.2, 0.25) is 5.02 Å². The summed E-state index contributed by atoms with van der Waals surface area (Å²) in [4.78, 5) is 24.8. The minimum Gasteiger partial charge on any atom is -0.497 e. The lowest BCUT2D eigenvalue weighted by Crippen LogP contribution is -2.45. The molecular weight excluding hydrogens is 354 g/mol. The molecule has 0 aliphatic carbocycles. The lowest BCUT2D eigenvalue weighted by molar-refractivity contribution is -0.113. The van der Waals surface area contributed by atoms with Gasteiger partial charge in [-0.2, -0.15) is 0 Å². The monoisotopic (exact) mass is 371 g/mol. The Morgan fingerprint density at radius 1 is 1.19 bits per heavy atom. The summed E-state index contributed by atoms with van der Waals surface area (Å²) in [5, 5.41) is 8.79. The molecule has 1 heterocycles. The Kier molecular flexibility index (Phi) is 5.14. The maximum Gasteiger partial charge on any atom is 0.319 e. The van der Waals surface area contributed by atoms with E-state index in [0.29, 0.717) is 27.7 Å². The predicted octanol–water partition coefficient (Wildman–Crippen LogP) is 3.62. The smallest absolute Gasteiger partial charge is 0.319 e. The minimum atomic E-state index is -0.575. The van der Waals surface area contributed by atoms with E-state index in [-0.39, 0.29) is 11.9 Å². The van der Waals surface area contributed by atoms with Gasteiger partial charge in [-0.05, 0) is 42.8 Å². The molecule has 134 valence electrons. The second-order valence-corrected chi connectivity index (χ2v) is 6.24. The summed E-state index contributed by atoms with van der Waals surface area (Å²) in [5.74, 6) is 0.373. The summed E-state index contributed by atoms with van der Waals surface area (Å²) in [6.07, 6.45) is 0. The summed E-state index contributed by atoms with van der Waals surface area (Å²) in [6, 6.07) is 13.1. The van der Waals surface area contributed by atoms with Crippen molar-refractivity contribution >= 4 is 29.2 Å². The first-order valence-electron chi connectivity index (χ1n) is 7.97. The normalized spacial score (nSPS) is 16.6. The second-order valence-electron chi connectivity index (χ2n) is 5.81. The number of ether oxygens (including phenoxy) is 1. The zero-order chi connectivity index (χ0) is 18.7. The SMILES string of the molecule is COc1ccc(C2NC(=O)NC(C)=C2C(=O)Nc2cccc(Cl)c2)cc1. The van der Waals surface area contributed by atoms with Crippen LogP contribution >= 0.6 is 11.6 Å². The fourth-order valence-electron chi connectivity index (χ4n) is 2.81. The zero-order valence-corrected chi connectivity index (χ0v) is 15.1. The first-order chi connectivity index (χ1) is 12.5. The maximum atomic E-state index is 12.9. The lowest BCUT2D eigenvalue weighted by Gasteiger charge is -2.28. The van der Waals surface area contributed by atoms with E-state index in [2.05, 4.69) is 16.0 Å². The van der Waals surface area contributed by atoms with Crippen molar-refractivity contribution in [2.45, 2.75) is 13.0 Å². The van der Waals surface area contributed by atoms with Gasteiger partial charge in [-0.3, -0.25) is 4.79 Å². The van der Waals surface area contributed by atoms with Crippen molar-refractivity contribution in [3.8, 4) is 5.75 Å². The van der Waals surface area contributed by atoms with Crippen LogP contribution in [0.25, 0.3) is 0 Å². The number of nitrogens with one attached hydrogen (secondary N) is 3. The number of urea groups is 1. The van der Waals surface area contributed by atoms with Crippen LogP contribution in [0.15, 0.2) is 59.8 Å². The van der Waals surface area contributed by atoms with Crippen molar-refractivity contribution < 1.29 is 14.3 Å². The molecule has 1 aliphatic rings. The van der Waals surface area contributed by atoms with Gasteiger partial charge in [-0.15, -0.1) is 0 Å². The molecule has 1 aliphatic heterocycles. The Balaban J connectivity index is 1.93. The van der Waals surface area contributed by atoms with Crippen molar-refractivity contribution in [1.29, 1.82) is 0 Å². The number of rotatable bonds is 4. The first kappa shape index (κ1) is 17.8. The van der Waals surface area contributed by atoms with E-state index in [4.69, 9.17) is 16.3 Å². The number of carbonyl (C=O) groups is 2. The Morgan fingerprint density at radius 3 is 2.58 bits per heavy atom. The Labute approximate surface area is 156 Å². The van der Waals surface area contributed by atoms with Gasteiger partial charge in [-0.1, -0.05) is 29.8 Å². The van der Waals surface area contributed by atoms with Crippen molar-refractivity contribution in [1.82, 2.24) is 10.6 Å². The minimum absolute atomic E-state index is 0.321. The summed E-state index contributed by atoms with van der Waals surface area (Å²) >= 11 is 5.97. The summed E-state index contributed by atoms with van der Waals surface area (Å²) in [7, 11) is 1.58. The van der Waals surface area contributed by atoms with Gasteiger partial charge >= 0.3 is 6.03 Å². The van der Waals surface area contributed by atoms with Gasteiger partial charge in [0.15, 0.2) is 0 Å². The van der Waals surface area contributed by atoms with Gasteiger partial charge < -0.3 is 20.7 Å². The molecule has 0 fully saturated rings. The third kappa shape index (κ3) is 3.81. The molecule has 3 amide bonds. The first-order valence-corrected chi connectivity index (χ1v) is 8.35. The number of anilines is 1. The highest BCUT2D eigenvalue weighted by Gasteiger charge is 2.31. The topological polar surface area (TPSA) is 79.5 Å². The lowest BCUT2D eigenvalue weighted by atomic mass is 9.94. The highest BCUT2D eigenvalue weighted by Crippen LogP contribution is 2.29. The van der Waals surface area contributed by atoms with E-state index in [1.54, 1.807) is 50.4 Å². The van der Waals surface area contributed by atoms with Crippen LogP contribution in [0.3, 0.4) is 0 Å². The fraction of sp³-hybridized carbons (Fsp3) is 0.158. The molecule has 0 saturated heterocycles. The number of hydrogen-bond donors (Lipinski definition) is 3. The van der Waals surface area contributed by atoms with Crippen LogP contribution in [-0.2, 0) is 4.79 Å².